The second-order valence-corrected chi connectivity index (χ2v) is 6.26. The molecule has 1 aliphatic rings. The third-order valence-corrected chi connectivity index (χ3v) is 3.84. The van der Waals surface area contributed by atoms with Crippen LogP contribution in [0.15, 0.2) is 18.7 Å². The van der Waals surface area contributed by atoms with Crippen molar-refractivity contribution in [3.05, 3.63) is 24.4 Å². The highest BCUT2D eigenvalue weighted by Crippen LogP contribution is 2.19. The summed E-state index contributed by atoms with van der Waals surface area (Å²) >= 11 is 0. The van der Waals surface area contributed by atoms with E-state index in [0.717, 1.165) is 0 Å². The van der Waals surface area contributed by atoms with Crippen LogP contribution in [-0.2, 0) is 14.4 Å². The van der Waals surface area contributed by atoms with Gasteiger partial charge in [0.2, 0.25) is 5.91 Å². The van der Waals surface area contributed by atoms with E-state index in [1.807, 2.05) is 13.8 Å². The molecule has 136 valence electrons. The van der Waals surface area contributed by atoms with E-state index in [4.69, 9.17) is 0 Å². The van der Waals surface area contributed by atoms with E-state index >= 15 is 0 Å². The first-order chi connectivity index (χ1) is 11.8. The highest BCUT2D eigenvalue weighted by molar-refractivity contribution is 6.39. The summed E-state index contributed by atoms with van der Waals surface area (Å²) < 4.78 is 1.46. The van der Waals surface area contributed by atoms with Crippen LogP contribution in [0.5, 0.6) is 0 Å². The Morgan fingerprint density at radius 3 is 2.84 bits per heavy atom. The van der Waals surface area contributed by atoms with E-state index < -0.39 is 18.1 Å². The number of carbonyl (C=O) groups excluding carboxylic acids is 3. The van der Waals surface area contributed by atoms with E-state index in [1.54, 1.807) is 13.0 Å². The Hall–Kier alpha value is -2.68. The van der Waals surface area contributed by atoms with Crippen LogP contribution in [0.2, 0.25) is 0 Å². The quantitative estimate of drug-likeness (QED) is 0.442. The fourth-order valence-electron chi connectivity index (χ4n) is 2.50. The molecule has 1 saturated heterocycles. The first kappa shape index (κ1) is 18.7. The molecule has 2 unspecified atom stereocenters. The minimum Gasteiger partial charge on any atom is -0.344 e. The van der Waals surface area contributed by atoms with Crippen molar-refractivity contribution in [3.8, 4) is 0 Å². The van der Waals surface area contributed by atoms with Gasteiger partial charge in [-0.15, -0.1) is 6.58 Å². The maximum atomic E-state index is 12.0. The number of rotatable bonds is 5. The number of hydrogen-bond acceptors (Lipinski definition) is 5. The molecular formula is C16H24N6O3. The predicted molar refractivity (Wildman–Crippen MR) is 92.4 cm³/mol. The molecule has 4 N–H and O–H groups in total. The van der Waals surface area contributed by atoms with Crippen molar-refractivity contribution in [1.29, 1.82) is 0 Å². The molecular weight excluding hydrogens is 324 g/mol. The SMILES string of the molecule is C=CCNC(=O)C(=O)Nc1cc(C)nn1C1NC(=O)CC(C(C)C)N1. The molecule has 0 saturated carbocycles. The van der Waals surface area contributed by atoms with Gasteiger partial charge in [-0.05, 0) is 12.8 Å². The Morgan fingerprint density at radius 1 is 1.48 bits per heavy atom. The fraction of sp³-hybridized carbons (Fsp3) is 0.500. The van der Waals surface area contributed by atoms with Gasteiger partial charge in [0.1, 0.15) is 5.82 Å². The van der Waals surface area contributed by atoms with E-state index in [9.17, 15) is 14.4 Å². The first-order valence-electron chi connectivity index (χ1n) is 8.13. The van der Waals surface area contributed by atoms with Crippen molar-refractivity contribution in [3.63, 3.8) is 0 Å². The summed E-state index contributed by atoms with van der Waals surface area (Å²) in [5, 5.41) is 15.3. The predicted octanol–water partition coefficient (Wildman–Crippen LogP) is 0.0224. The molecule has 9 nitrogen and oxygen atoms in total. The Morgan fingerprint density at radius 2 is 2.20 bits per heavy atom. The van der Waals surface area contributed by atoms with Crippen molar-refractivity contribution < 1.29 is 14.4 Å². The Bertz CT molecular complexity index is 681. The van der Waals surface area contributed by atoms with Gasteiger partial charge in [-0.1, -0.05) is 19.9 Å². The van der Waals surface area contributed by atoms with Gasteiger partial charge >= 0.3 is 11.8 Å². The lowest BCUT2D eigenvalue weighted by Crippen LogP contribution is -2.55. The van der Waals surface area contributed by atoms with E-state index in [-0.39, 0.29) is 24.4 Å². The summed E-state index contributed by atoms with van der Waals surface area (Å²) in [7, 11) is 0. The van der Waals surface area contributed by atoms with Crippen LogP contribution in [0.3, 0.4) is 0 Å². The van der Waals surface area contributed by atoms with Gasteiger partial charge in [0.25, 0.3) is 0 Å². The molecule has 0 aromatic carbocycles. The lowest BCUT2D eigenvalue weighted by atomic mass is 9.99. The summed E-state index contributed by atoms with van der Waals surface area (Å²) in [6.07, 6.45) is 1.25. The van der Waals surface area contributed by atoms with Crippen LogP contribution in [0.1, 0.15) is 32.3 Å². The Labute approximate surface area is 146 Å². The lowest BCUT2D eigenvalue weighted by Gasteiger charge is -2.34. The zero-order valence-electron chi connectivity index (χ0n) is 14.6. The normalized spacial score (nSPS) is 20.1. The van der Waals surface area contributed by atoms with E-state index in [1.165, 1.54) is 10.8 Å². The van der Waals surface area contributed by atoms with E-state index in [0.29, 0.717) is 17.9 Å². The Kier molecular flexibility index (Phi) is 5.92. The van der Waals surface area contributed by atoms with Crippen LogP contribution < -0.4 is 21.3 Å². The smallest absolute Gasteiger partial charge is 0.314 e. The Balaban J connectivity index is 2.17. The minimum absolute atomic E-state index is 0.0114. The second-order valence-electron chi connectivity index (χ2n) is 6.26. The molecule has 25 heavy (non-hydrogen) atoms. The lowest BCUT2D eigenvalue weighted by molar-refractivity contribution is -0.136. The van der Waals surface area contributed by atoms with Gasteiger partial charge in [-0.25, -0.2) is 4.68 Å². The number of amides is 3. The monoisotopic (exact) mass is 348 g/mol. The average Bonchev–Trinajstić information content (AvgIpc) is 2.92. The summed E-state index contributed by atoms with van der Waals surface area (Å²) in [6.45, 7) is 9.47. The van der Waals surface area contributed by atoms with Crippen LogP contribution in [0.4, 0.5) is 5.82 Å². The van der Waals surface area contributed by atoms with Gasteiger partial charge < -0.3 is 16.0 Å². The number of nitrogens with one attached hydrogen (secondary N) is 4. The van der Waals surface area contributed by atoms with Crippen molar-refractivity contribution in [2.45, 2.75) is 39.5 Å². The molecule has 1 aromatic heterocycles. The average molecular weight is 348 g/mol. The molecule has 0 bridgehead atoms. The third-order valence-electron chi connectivity index (χ3n) is 3.84. The molecule has 1 fully saturated rings. The molecule has 0 radical (unpaired) electrons. The molecule has 2 atom stereocenters. The molecule has 9 heteroatoms. The van der Waals surface area contributed by atoms with Gasteiger partial charge in [0, 0.05) is 25.1 Å². The molecule has 0 spiro atoms. The molecule has 3 amide bonds. The van der Waals surface area contributed by atoms with Crippen molar-refractivity contribution in [2.24, 2.45) is 5.92 Å². The van der Waals surface area contributed by atoms with Gasteiger partial charge in [0.05, 0.1) is 5.69 Å². The number of hydrogen-bond donors (Lipinski definition) is 4. The molecule has 1 aromatic rings. The van der Waals surface area contributed by atoms with Crippen molar-refractivity contribution in [1.82, 2.24) is 25.7 Å². The zero-order chi connectivity index (χ0) is 18.6. The number of anilines is 1. The summed E-state index contributed by atoms with van der Waals surface area (Å²) in [5.41, 5.74) is 0.643. The highest BCUT2D eigenvalue weighted by Gasteiger charge is 2.30. The summed E-state index contributed by atoms with van der Waals surface area (Å²) in [4.78, 5) is 35.7. The van der Waals surface area contributed by atoms with E-state index in [2.05, 4.69) is 32.9 Å². The van der Waals surface area contributed by atoms with Crippen LogP contribution in [-0.4, -0.2) is 40.1 Å². The number of carbonyl (C=O) groups is 3. The topological polar surface area (TPSA) is 117 Å². The number of nitrogens with zero attached hydrogens (tertiary/aromatic N) is 2. The van der Waals surface area contributed by atoms with Gasteiger partial charge in [0.15, 0.2) is 6.29 Å². The zero-order valence-corrected chi connectivity index (χ0v) is 14.6. The third kappa shape index (κ3) is 4.66. The molecule has 1 aliphatic heterocycles. The van der Waals surface area contributed by atoms with Crippen molar-refractivity contribution in [2.75, 3.05) is 11.9 Å². The first-order valence-corrected chi connectivity index (χ1v) is 8.13. The van der Waals surface area contributed by atoms with Crippen LogP contribution in [0.25, 0.3) is 0 Å². The summed E-state index contributed by atoms with van der Waals surface area (Å²) in [5.74, 6) is -1.11. The molecule has 0 aliphatic carbocycles. The highest BCUT2D eigenvalue weighted by atomic mass is 16.2. The fourth-order valence-corrected chi connectivity index (χ4v) is 2.50. The maximum absolute atomic E-state index is 12.0. The largest absolute Gasteiger partial charge is 0.344 e. The maximum Gasteiger partial charge on any atom is 0.314 e. The molecule has 2 heterocycles. The van der Waals surface area contributed by atoms with Crippen LogP contribution in [0, 0.1) is 12.8 Å². The van der Waals surface area contributed by atoms with Gasteiger partial charge in [-0.2, -0.15) is 5.10 Å². The van der Waals surface area contributed by atoms with Crippen LogP contribution >= 0.6 is 0 Å². The number of aromatic nitrogens is 2. The van der Waals surface area contributed by atoms with Gasteiger partial charge in [-0.3, -0.25) is 19.7 Å². The summed E-state index contributed by atoms with van der Waals surface area (Å²) in [6, 6.07) is 1.62. The number of aryl methyl sites for hydroxylation is 1. The minimum atomic E-state index is -0.814. The standard InChI is InChI=1S/C16H24N6O3/c1-5-6-17-14(24)15(25)19-12-7-10(4)21-22(12)16-18-11(9(2)3)8-13(23)20-16/h5,7,9,11,16,18H,1,6,8H2,2-4H3,(H,17,24)(H,19,25)(H,20,23). The second kappa shape index (κ2) is 7.93. The van der Waals surface area contributed by atoms with Crippen molar-refractivity contribution >= 4 is 23.5 Å². The molecule has 2 rings (SSSR count).